The molecule has 0 spiro atoms. The van der Waals surface area contributed by atoms with Crippen LogP contribution in [0.5, 0.6) is 0 Å². The molecule has 1 amide bonds. The molecule has 0 aromatic heterocycles. The Hall–Kier alpha value is -3.07. The van der Waals surface area contributed by atoms with Gasteiger partial charge in [0.05, 0.1) is 23.3 Å². The van der Waals surface area contributed by atoms with Gasteiger partial charge in [0.15, 0.2) is 0 Å². The number of halogens is 2. The minimum Gasteiger partial charge on any atom is -0.465 e. The van der Waals surface area contributed by atoms with Crippen molar-refractivity contribution in [2.45, 2.75) is 4.90 Å². The molecule has 0 bridgehead atoms. The fourth-order valence-electron chi connectivity index (χ4n) is 2.89. The molecule has 0 aliphatic heterocycles. The van der Waals surface area contributed by atoms with Crippen LogP contribution in [0.25, 0.3) is 0 Å². The van der Waals surface area contributed by atoms with Crippen LogP contribution >= 0.6 is 23.2 Å². The van der Waals surface area contributed by atoms with E-state index in [4.69, 9.17) is 23.2 Å². The number of benzene rings is 3. The van der Waals surface area contributed by atoms with Crippen LogP contribution in [0.4, 0.5) is 11.4 Å². The molecule has 0 unspecified atom stereocenters. The van der Waals surface area contributed by atoms with Crippen LogP contribution in [0.1, 0.15) is 10.4 Å². The van der Waals surface area contributed by atoms with E-state index in [1.165, 1.54) is 49.6 Å². The minimum absolute atomic E-state index is 0.00316. The van der Waals surface area contributed by atoms with Crippen molar-refractivity contribution in [1.29, 1.82) is 0 Å². The van der Waals surface area contributed by atoms with Crippen molar-refractivity contribution in [2.75, 3.05) is 23.3 Å². The average Bonchev–Trinajstić information content (AvgIpc) is 2.77. The zero-order valence-corrected chi connectivity index (χ0v) is 19.1. The predicted molar refractivity (Wildman–Crippen MR) is 124 cm³/mol. The summed E-state index contributed by atoms with van der Waals surface area (Å²) in [5, 5.41) is 3.03. The molecule has 0 atom stereocenters. The van der Waals surface area contributed by atoms with Crippen molar-refractivity contribution in [3.05, 3.63) is 88.4 Å². The van der Waals surface area contributed by atoms with Gasteiger partial charge in [-0.1, -0.05) is 47.5 Å². The highest BCUT2D eigenvalue weighted by atomic mass is 35.5. The molecule has 0 fully saturated rings. The van der Waals surface area contributed by atoms with Crippen LogP contribution in [0, 0.1) is 0 Å². The van der Waals surface area contributed by atoms with Gasteiger partial charge in [-0.25, -0.2) is 13.2 Å². The summed E-state index contributed by atoms with van der Waals surface area (Å²) in [7, 11) is -2.87. The fraction of sp³-hybridized carbons (Fsp3) is 0.0909. The Balaban J connectivity index is 1.94. The molecule has 3 aromatic rings. The Morgan fingerprint density at radius 3 is 2.22 bits per heavy atom. The van der Waals surface area contributed by atoms with Crippen molar-refractivity contribution in [1.82, 2.24) is 0 Å². The molecule has 3 rings (SSSR count). The molecule has 0 saturated heterocycles. The average molecular weight is 493 g/mol. The maximum absolute atomic E-state index is 13.3. The Labute approximate surface area is 195 Å². The summed E-state index contributed by atoms with van der Waals surface area (Å²) in [4.78, 5) is 24.5. The first kappa shape index (κ1) is 23.6. The van der Waals surface area contributed by atoms with Crippen LogP contribution in [-0.4, -0.2) is 33.9 Å². The fourth-order valence-corrected chi connectivity index (χ4v) is 4.83. The van der Waals surface area contributed by atoms with E-state index in [0.717, 1.165) is 4.31 Å². The maximum Gasteiger partial charge on any atom is 0.337 e. The number of hydrogen-bond donors (Lipinski definition) is 1. The van der Waals surface area contributed by atoms with Crippen LogP contribution in [0.3, 0.4) is 0 Å². The molecular formula is C22H18Cl2N2O5S. The lowest BCUT2D eigenvalue weighted by Crippen LogP contribution is -2.38. The molecule has 0 aliphatic rings. The van der Waals surface area contributed by atoms with E-state index in [2.05, 4.69) is 10.1 Å². The number of hydrogen-bond acceptors (Lipinski definition) is 5. The summed E-state index contributed by atoms with van der Waals surface area (Å²) in [5.74, 6) is -1.20. The lowest BCUT2D eigenvalue weighted by Gasteiger charge is -2.24. The third-order valence-corrected chi connectivity index (χ3v) is 6.55. The number of anilines is 2. The Bertz CT molecular complexity index is 1230. The summed E-state index contributed by atoms with van der Waals surface area (Å²) in [5.41, 5.74) is 0.671. The molecule has 3 aromatic carbocycles. The van der Waals surface area contributed by atoms with Crippen LogP contribution in [0.15, 0.2) is 77.7 Å². The van der Waals surface area contributed by atoms with Crippen molar-refractivity contribution in [3.63, 3.8) is 0 Å². The first-order valence-corrected chi connectivity index (χ1v) is 11.4. The second kappa shape index (κ2) is 10.0. The van der Waals surface area contributed by atoms with Crippen molar-refractivity contribution in [3.8, 4) is 0 Å². The van der Waals surface area contributed by atoms with E-state index in [9.17, 15) is 18.0 Å². The highest BCUT2D eigenvalue weighted by Crippen LogP contribution is 2.29. The van der Waals surface area contributed by atoms with Gasteiger partial charge in [0.1, 0.15) is 6.54 Å². The van der Waals surface area contributed by atoms with Gasteiger partial charge in [0.2, 0.25) is 5.91 Å². The van der Waals surface area contributed by atoms with E-state index in [-0.39, 0.29) is 26.2 Å². The summed E-state index contributed by atoms with van der Waals surface area (Å²) in [6.45, 7) is -0.559. The predicted octanol–water partition coefficient (Wildman–Crippen LogP) is 4.61. The second-order valence-corrected chi connectivity index (χ2v) is 9.31. The SMILES string of the molecule is COC(=O)c1cccc(NC(=O)CN(c2cc(Cl)cc(Cl)c2)S(=O)(=O)c2ccccc2)c1. The number of nitrogens with zero attached hydrogens (tertiary/aromatic N) is 1. The zero-order chi connectivity index (χ0) is 23.3. The molecule has 1 N–H and O–H groups in total. The number of esters is 1. The van der Waals surface area contributed by atoms with E-state index in [1.807, 2.05) is 0 Å². The van der Waals surface area contributed by atoms with Gasteiger partial charge in [0, 0.05) is 15.7 Å². The van der Waals surface area contributed by atoms with Crippen molar-refractivity contribution >= 4 is 56.5 Å². The van der Waals surface area contributed by atoms with Gasteiger partial charge in [-0.05, 0) is 48.5 Å². The number of carbonyl (C=O) groups is 2. The zero-order valence-electron chi connectivity index (χ0n) is 16.8. The van der Waals surface area contributed by atoms with Crippen molar-refractivity contribution < 1.29 is 22.7 Å². The standard InChI is InChI=1S/C22H18Cl2N2O5S/c1-31-22(28)15-6-5-7-18(10-15)25-21(27)14-26(19-12-16(23)11-17(24)13-19)32(29,30)20-8-3-2-4-9-20/h2-13H,14H2,1H3,(H,25,27). The van der Waals surface area contributed by atoms with Gasteiger partial charge in [0.25, 0.3) is 10.0 Å². The second-order valence-electron chi connectivity index (χ2n) is 6.57. The van der Waals surface area contributed by atoms with Gasteiger partial charge in [-0.3, -0.25) is 9.10 Å². The van der Waals surface area contributed by atoms with E-state index in [1.54, 1.807) is 30.3 Å². The highest BCUT2D eigenvalue weighted by Gasteiger charge is 2.27. The van der Waals surface area contributed by atoms with Crippen LogP contribution in [-0.2, 0) is 19.6 Å². The minimum atomic E-state index is -4.12. The summed E-state index contributed by atoms with van der Waals surface area (Å²) < 4.78 is 32.2. The monoisotopic (exact) mass is 492 g/mol. The first-order valence-electron chi connectivity index (χ1n) is 9.23. The summed E-state index contributed by atoms with van der Waals surface area (Å²) in [6, 6.07) is 18.0. The molecule has 32 heavy (non-hydrogen) atoms. The topological polar surface area (TPSA) is 92.8 Å². The third-order valence-electron chi connectivity index (χ3n) is 4.32. The number of carbonyl (C=O) groups excluding carboxylic acids is 2. The van der Waals surface area contributed by atoms with Gasteiger partial charge < -0.3 is 10.1 Å². The molecule has 7 nitrogen and oxygen atoms in total. The van der Waals surface area contributed by atoms with E-state index >= 15 is 0 Å². The number of methoxy groups -OCH3 is 1. The molecule has 0 radical (unpaired) electrons. The lowest BCUT2D eigenvalue weighted by atomic mass is 10.2. The highest BCUT2D eigenvalue weighted by molar-refractivity contribution is 7.92. The number of ether oxygens (including phenoxy) is 1. The number of amides is 1. The van der Waals surface area contributed by atoms with Gasteiger partial charge in [-0.15, -0.1) is 0 Å². The third kappa shape index (κ3) is 5.59. The Morgan fingerprint density at radius 1 is 0.938 bits per heavy atom. The maximum atomic E-state index is 13.3. The smallest absolute Gasteiger partial charge is 0.337 e. The Kier molecular flexibility index (Phi) is 7.40. The lowest BCUT2D eigenvalue weighted by molar-refractivity contribution is -0.114. The van der Waals surface area contributed by atoms with E-state index < -0.39 is 28.4 Å². The van der Waals surface area contributed by atoms with Crippen LogP contribution < -0.4 is 9.62 Å². The molecule has 10 heteroatoms. The molecule has 0 heterocycles. The first-order chi connectivity index (χ1) is 15.2. The summed E-state index contributed by atoms with van der Waals surface area (Å²) >= 11 is 12.1. The largest absolute Gasteiger partial charge is 0.465 e. The molecule has 0 saturated carbocycles. The van der Waals surface area contributed by atoms with Gasteiger partial charge in [-0.2, -0.15) is 0 Å². The van der Waals surface area contributed by atoms with Gasteiger partial charge >= 0.3 is 5.97 Å². The van der Waals surface area contributed by atoms with Crippen molar-refractivity contribution in [2.24, 2.45) is 0 Å². The number of nitrogens with one attached hydrogen (secondary N) is 1. The molecular weight excluding hydrogens is 475 g/mol. The normalized spacial score (nSPS) is 11.0. The van der Waals surface area contributed by atoms with Crippen LogP contribution in [0.2, 0.25) is 10.0 Å². The summed E-state index contributed by atoms with van der Waals surface area (Å²) in [6.07, 6.45) is 0. The quantitative estimate of drug-likeness (QED) is 0.485. The molecule has 0 aliphatic carbocycles. The number of rotatable bonds is 7. The Morgan fingerprint density at radius 2 is 1.59 bits per heavy atom. The number of sulfonamides is 1. The van der Waals surface area contributed by atoms with E-state index in [0.29, 0.717) is 5.69 Å². The molecule has 166 valence electrons.